The number of rotatable bonds is 5. The zero-order chi connectivity index (χ0) is 26.4. The van der Waals surface area contributed by atoms with Crippen molar-refractivity contribution in [3.05, 3.63) is 55.3 Å². The highest BCUT2D eigenvalue weighted by Crippen LogP contribution is 2.41. The first-order valence-corrected chi connectivity index (χ1v) is 13.9. The van der Waals surface area contributed by atoms with Gasteiger partial charge in [0.1, 0.15) is 33.6 Å². The molecular formula is C24H21ClFN7O3S2. The third kappa shape index (κ3) is 4.47. The minimum atomic E-state index is -0.796. The third-order valence-corrected chi connectivity index (χ3v) is 8.62. The fraction of sp³-hybridized carbons (Fsp3) is 0.375. The molecule has 6 rings (SSSR count). The Morgan fingerprint density at radius 2 is 2.11 bits per heavy atom. The maximum absolute atomic E-state index is 15.1. The number of halogens is 2. The molecule has 1 saturated heterocycles. The number of nitriles is 1. The molecule has 0 aromatic carbocycles. The van der Waals surface area contributed by atoms with Crippen molar-refractivity contribution in [3.8, 4) is 11.8 Å². The van der Waals surface area contributed by atoms with Crippen LogP contribution in [0.25, 0.3) is 4.96 Å². The number of fused-ring (bicyclic) bond motifs is 3. The van der Waals surface area contributed by atoms with Gasteiger partial charge in [-0.3, -0.25) is 4.79 Å². The summed E-state index contributed by atoms with van der Waals surface area (Å²) >= 11 is 8.83. The normalized spacial score (nSPS) is 17.5. The summed E-state index contributed by atoms with van der Waals surface area (Å²) in [6, 6.07) is 5.88. The Kier molecular flexibility index (Phi) is 6.65. The average Bonchev–Trinajstić information content (AvgIpc) is 3.58. The molecule has 1 unspecified atom stereocenters. The van der Waals surface area contributed by atoms with E-state index in [1.807, 2.05) is 13.0 Å². The summed E-state index contributed by atoms with van der Waals surface area (Å²) in [5, 5.41) is 14.9. The number of thiophene rings is 1. The van der Waals surface area contributed by atoms with Crippen molar-refractivity contribution in [1.82, 2.24) is 24.5 Å². The average molecular weight is 574 g/mol. The van der Waals surface area contributed by atoms with Gasteiger partial charge in [-0.05, 0) is 19.1 Å². The smallest absolute Gasteiger partial charge is 0.261 e. The lowest BCUT2D eigenvalue weighted by molar-refractivity contribution is -0.135. The number of carbonyl (C=O) groups excluding carboxylic acids is 1. The Bertz CT molecular complexity index is 1570. The number of anilines is 1. The molecule has 0 radical (unpaired) electrons. The van der Waals surface area contributed by atoms with Crippen LogP contribution in [0.3, 0.4) is 0 Å². The molecule has 0 spiro atoms. The highest BCUT2D eigenvalue weighted by molar-refractivity contribution is 7.16. The van der Waals surface area contributed by atoms with Crippen LogP contribution >= 0.6 is 34.3 Å². The van der Waals surface area contributed by atoms with E-state index in [0.29, 0.717) is 55.7 Å². The van der Waals surface area contributed by atoms with E-state index in [4.69, 9.17) is 21.1 Å². The zero-order valence-electron chi connectivity index (χ0n) is 20.2. The minimum absolute atomic E-state index is 0.151. The van der Waals surface area contributed by atoms with Crippen molar-refractivity contribution >= 4 is 51.0 Å². The van der Waals surface area contributed by atoms with Gasteiger partial charge in [0, 0.05) is 32.1 Å². The molecule has 14 heteroatoms. The lowest BCUT2D eigenvalue weighted by Crippen LogP contribution is -2.43. The summed E-state index contributed by atoms with van der Waals surface area (Å²) in [4.78, 5) is 27.4. The molecular weight excluding hydrogens is 553 g/mol. The Morgan fingerprint density at radius 1 is 1.29 bits per heavy atom. The van der Waals surface area contributed by atoms with E-state index in [0.717, 1.165) is 22.0 Å². The summed E-state index contributed by atoms with van der Waals surface area (Å²) in [5.74, 6) is 0.0886. The molecule has 0 aliphatic carbocycles. The Morgan fingerprint density at radius 3 is 2.84 bits per heavy atom. The van der Waals surface area contributed by atoms with Crippen molar-refractivity contribution < 1.29 is 18.7 Å². The van der Waals surface area contributed by atoms with Crippen LogP contribution < -0.4 is 9.64 Å². The third-order valence-electron chi connectivity index (χ3n) is 6.45. The van der Waals surface area contributed by atoms with Crippen LogP contribution in [-0.4, -0.2) is 69.8 Å². The fourth-order valence-corrected chi connectivity index (χ4v) is 6.66. The molecule has 1 atom stereocenters. The zero-order valence-corrected chi connectivity index (χ0v) is 22.6. The molecule has 1 fully saturated rings. The van der Waals surface area contributed by atoms with Gasteiger partial charge in [0.25, 0.3) is 5.91 Å². The first kappa shape index (κ1) is 25.0. The molecule has 10 nitrogen and oxygen atoms in total. The number of nitrogens with zero attached hydrogens (tertiary/aromatic N) is 7. The van der Waals surface area contributed by atoms with Crippen LogP contribution in [0, 0.1) is 24.1 Å². The van der Waals surface area contributed by atoms with Crippen molar-refractivity contribution in [2.75, 3.05) is 44.4 Å². The van der Waals surface area contributed by atoms with Gasteiger partial charge in [-0.2, -0.15) is 10.4 Å². The lowest BCUT2D eigenvalue weighted by Gasteiger charge is -2.34. The lowest BCUT2D eigenvalue weighted by atomic mass is 10.0. The van der Waals surface area contributed by atoms with E-state index in [1.54, 1.807) is 21.5 Å². The van der Waals surface area contributed by atoms with E-state index in [-0.39, 0.29) is 33.2 Å². The molecule has 196 valence electrons. The van der Waals surface area contributed by atoms with Crippen LogP contribution in [0.1, 0.15) is 32.2 Å². The van der Waals surface area contributed by atoms with Gasteiger partial charge in [0.05, 0.1) is 29.5 Å². The van der Waals surface area contributed by atoms with Gasteiger partial charge < -0.3 is 19.3 Å². The predicted molar refractivity (Wildman–Crippen MR) is 140 cm³/mol. The second kappa shape index (κ2) is 10.1. The van der Waals surface area contributed by atoms with Gasteiger partial charge in [0.2, 0.25) is 4.96 Å². The number of aryl methyl sites for hydroxylation is 1. The highest BCUT2D eigenvalue weighted by Gasteiger charge is 2.39. The van der Waals surface area contributed by atoms with E-state index < -0.39 is 11.9 Å². The molecule has 6 heterocycles. The molecule has 0 N–H and O–H groups in total. The number of carbonyl (C=O) groups is 1. The quantitative estimate of drug-likeness (QED) is 0.333. The van der Waals surface area contributed by atoms with Gasteiger partial charge in [-0.15, -0.1) is 11.3 Å². The first-order valence-electron chi connectivity index (χ1n) is 11.9. The number of aromatic nitrogens is 4. The molecule has 1 amide bonds. The van der Waals surface area contributed by atoms with Gasteiger partial charge in [-0.1, -0.05) is 22.9 Å². The number of ether oxygens (including phenoxy) is 2. The summed E-state index contributed by atoms with van der Waals surface area (Å²) in [6.07, 6.45) is 0.487. The van der Waals surface area contributed by atoms with E-state index in [2.05, 4.69) is 20.0 Å². The number of pyridine rings is 1. The molecule has 4 aromatic rings. The van der Waals surface area contributed by atoms with Gasteiger partial charge in [-0.25, -0.2) is 18.9 Å². The van der Waals surface area contributed by atoms with Crippen molar-refractivity contribution in [1.29, 1.82) is 5.26 Å². The van der Waals surface area contributed by atoms with Crippen LogP contribution in [-0.2, 0) is 16.0 Å². The van der Waals surface area contributed by atoms with Crippen molar-refractivity contribution in [3.63, 3.8) is 0 Å². The summed E-state index contributed by atoms with van der Waals surface area (Å²) in [5.41, 5.74) is 1.39. The van der Waals surface area contributed by atoms with Crippen LogP contribution in [0.5, 0.6) is 5.75 Å². The largest absolute Gasteiger partial charge is 0.481 e. The molecule has 0 bridgehead atoms. The van der Waals surface area contributed by atoms with Crippen LogP contribution in [0.15, 0.2) is 18.2 Å². The SMILES string of the molecule is Cc1nn2c3c(nc2s1)CCN(C(=O)COc1ccc(N2CCOCC2)nc1Cl)C3c1sc(C#N)cc1F. The van der Waals surface area contributed by atoms with E-state index in [1.165, 1.54) is 17.4 Å². The van der Waals surface area contributed by atoms with E-state index >= 15 is 4.39 Å². The topological polar surface area (TPSA) is 109 Å². The fourth-order valence-electron chi connectivity index (χ4n) is 4.73. The first-order chi connectivity index (χ1) is 18.4. The van der Waals surface area contributed by atoms with Gasteiger partial charge in [0.15, 0.2) is 17.5 Å². The monoisotopic (exact) mass is 573 g/mol. The standard InChI is InChI=1S/C24H21ClFN7O3S2/c1-13-30-33-20-16(28-24(33)37-13)4-5-32(21(20)22-15(26)10-14(11-27)38-22)19(34)12-36-17-2-3-18(29-23(17)25)31-6-8-35-9-7-31/h2-3,10,21H,4-9,12H2,1H3. The van der Waals surface area contributed by atoms with Crippen LogP contribution in [0.2, 0.25) is 5.15 Å². The highest BCUT2D eigenvalue weighted by atomic mass is 35.5. The Balaban J connectivity index is 1.28. The Hall–Kier alpha value is -3.31. The molecule has 38 heavy (non-hydrogen) atoms. The second-order valence-electron chi connectivity index (χ2n) is 8.78. The number of hydrogen-bond donors (Lipinski definition) is 0. The molecule has 0 saturated carbocycles. The number of amides is 1. The maximum Gasteiger partial charge on any atom is 0.261 e. The van der Waals surface area contributed by atoms with E-state index in [9.17, 15) is 10.1 Å². The second-order valence-corrected chi connectivity index (χ2v) is 11.4. The van der Waals surface area contributed by atoms with Crippen molar-refractivity contribution in [2.45, 2.75) is 19.4 Å². The van der Waals surface area contributed by atoms with Crippen LogP contribution in [0.4, 0.5) is 10.2 Å². The van der Waals surface area contributed by atoms with Gasteiger partial charge >= 0.3 is 0 Å². The number of morpholine rings is 1. The summed E-state index contributed by atoms with van der Waals surface area (Å²) in [6.45, 7) is 4.53. The summed E-state index contributed by atoms with van der Waals surface area (Å²) in [7, 11) is 0. The Labute approximate surface area is 229 Å². The predicted octanol–water partition coefficient (Wildman–Crippen LogP) is 3.61. The summed E-state index contributed by atoms with van der Waals surface area (Å²) < 4.78 is 28.0. The molecule has 2 aliphatic heterocycles. The van der Waals surface area contributed by atoms with Crippen molar-refractivity contribution in [2.24, 2.45) is 0 Å². The minimum Gasteiger partial charge on any atom is -0.481 e. The molecule has 2 aliphatic rings. The molecule has 4 aromatic heterocycles. The number of imidazole rings is 1. The number of hydrogen-bond acceptors (Lipinski definition) is 10. The maximum atomic E-state index is 15.1.